The number of carbonyl (C=O) groups excluding carboxylic acids is 1. The second-order valence-corrected chi connectivity index (χ2v) is 7.96. The van der Waals surface area contributed by atoms with Gasteiger partial charge in [-0.05, 0) is 67.8 Å². The van der Waals surface area contributed by atoms with E-state index in [2.05, 4.69) is 5.32 Å². The molecule has 0 aliphatic carbocycles. The number of halogens is 2. The Labute approximate surface area is 186 Å². The lowest BCUT2D eigenvalue weighted by molar-refractivity contribution is -0.153. The van der Waals surface area contributed by atoms with Crippen LogP contribution in [-0.4, -0.2) is 36.3 Å². The molecule has 6 nitrogen and oxygen atoms in total. The van der Waals surface area contributed by atoms with Crippen LogP contribution in [0.5, 0.6) is 5.75 Å². The fourth-order valence-electron chi connectivity index (χ4n) is 2.98. The van der Waals surface area contributed by atoms with Gasteiger partial charge in [-0.2, -0.15) is 0 Å². The van der Waals surface area contributed by atoms with Gasteiger partial charge in [-0.25, -0.2) is 4.79 Å². The molecule has 0 bridgehead atoms. The number of aliphatic carboxylic acids is 1. The summed E-state index contributed by atoms with van der Waals surface area (Å²) < 4.78 is 10.9. The third-order valence-corrected chi connectivity index (χ3v) is 5.02. The van der Waals surface area contributed by atoms with Crippen LogP contribution in [0.3, 0.4) is 0 Å². The summed E-state index contributed by atoms with van der Waals surface area (Å²) in [5.41, 5.74) is 2.74. The zero-order valence-electron chi connectivity index (χ0n) is 17.3. The molecule has 1 atom stereocenters. The number of carboxylic acid groups (broad SMARTS) is 1. The van der Waals surface area contributed by atoms with Crippen molar-refractivity contribution in [2.45, 2.75) is 45.9 Å². The fraction of sp³-hybridized carbons (Fsp3) is 0.364. The number of carbonyl (C=O) groups is 2. The summed E-state index contributed by atoms with van der Waals surface area (Å²) >= 11 is 12.0. The van der Waals surface area contributed by atoms with E-state index in [1.54, 1.807) is 26.0 Å². The van der Waals surface area contributed by atoms with Gasteiger partial charge in [-0.15, -0.1) is 0 Å². The van der Waals surface area contributed by atoms with Crippen molar-refractivity contribution in [2.24, 2.45) is 0 Å². The Kier molecular flexibility index (Phi) is 8.53. The van der Waals surface area contributed by atoms with Crippen molar-refractivity contribution in [1.82, 2.24) is 5.32 Å². The van der Waals surface area contributed by atoms with Crippen molar-refractivity contribution < 1.29 is 24.2 Å². The van der Waals surface area contributed by atoms with Crippen LogP contribution in [-0.2, 0) is 22.5 Å². The van der Waals surface area contributed by atoms with E-state index in [-0.39, 0.29) is 30.0 Å². The van der Waals surface area contributed by atoms with Gasteiger partial charge in [0.2, 0.25) is 0 Å². The topological polar surface area (TPSA) is 84.9 Å². The van der Waals surface area contributed by atoms with E-state index in [0.717, 1.165) is 11.1 Å². The van der Waals surface area contributed by atoms with Gasteiger partial charge in [0.25, 0.3) is 5.91 Å². The van der Waals surface area contributed by atoms with Gasteiger partial charge in [0.1, 0.15) is 5.75 Å². The Morgan fingerprint density at radius 2 is 1.83 bits per heavy atom. The highest BCUT2D eigenvalue weighted by atomic mass is 35.5. The molecule has 2 aromatic rings. The molecule has 0 aliphatic rings. The molecule has 2 rings (SSSR count). The first-order chi connectivity index (χ1) is 14.1. The van der Waals surface area contributed by atoms with Gasteiger partial charge < -0.3 is 19.9 Å². The third-order valence-electron chi connectivity index (χ3n) is 4.47. The molecular formula is C22H25Cl2NO5. The molecule has 1 amide bonds. The predicted octanol–water partition coefficient (Wildman–Crippen LogP) is 4.66. The number of hydrogen-bond donors (Lipinski definition) is 2. The first-order valence-corrected chi connectivity index (χ1v) is 10.2. The normalized spacial score (nSPS) is 12.0. The lowest BCUT2D eigenvalue weighted by Crippen LogP contribution is -2.29. The Balaban J connectivity index is 2.23. The van der Waals surface area contributed by atoms with E-state index < -0.39 is 12.1 Å². The lowest BCUT2D eigenvalue weighted by atomic mass is 9.99. The number of carboxylic acids is 1. The fourth-order valence-corrected chi connectivity index (χ4v) is 3.48. The number of amides is 1. The summed E-state index contributed by atoms with van der Waals surface area (Å²) in [5.74, 6) is -0.805. The molecule has 0 saturated carbocycles. The van der Waals surface area contributed by atoms with Crippen molar-refractivity contribution in [3.8, 4) is 5.75 Å². The van der Waals surface area contributed by atoms with Crippen molar-refractivity contribution in [3.05, 3.63) is 62.6 Å². The third kappa shape index (κ3) is 6.36. The van der Waals surface area contributed by atoms with Gasteiger partial charge in [-0.1, -0.05) is 23.2 Å². The van der Waals surface area contributed by atoms with Gasteiger partial charge in [0.05, 0.1) is 23.8 Å². The highest BCUT2D eigenvalue weighted by molar-refractivity contribution is 6.36. The highest BCUT2D eigenvalue weighted by Crippen LogP contribution is 2.26. The van der Waals surface area contributed by atoms with Crippen molar-refractivity contribution in [3.63, 3.8) is 0 Å². The van der Waals surface area contributed by atoms with Gasteiger partial charge in [-0.3, -0.25) is 4.79 Å². The first kappa shape index (κ1) is 24.0. The summed E-state index contributed by atoms with van der Waals surface area (Å²) in [6, 6.07) is 8.32. The summed E-state index contributed by atoms with van der Waals surface area (Å²) in [5, 5.41) is 13.0. The quantitative estimate of drug-likeness (QED) is 0.576. The van der Waals surface area contributed by atoms with Crippen LogP contribution in [0.25, 0.3) is 0 Å². The zero-order chi connectivity index (χ0) is 22.4. The van der Waals surface area contributed by atoms with Crippen LogP contribution in [0.4, 0.5) is 0 Å². The zero-order valence-corrected chi connectivity index (χ0v) is 18.8. The number of methoxy groups -OCH3 is 1. The van der Waals surface area contributed by atoms with Crippen LogP contribution in [0.2, 0.25) is 10.0 Å². The standard InChI is InChI=1S/C22H25Cl2NO5/c1-12(2)30-20(22(27)28)9-14-8-15(13(3)7-19(14)29-4)11-25-21(26)17-6-5-16(23)10-18(17)24/h5-8,10,12,20H,9,11H2,1-4H3,(H,25,26)(H,27,28). The lowest BCUT2D eigenvalue weighted by Gasteiger charge is -2.19. The number of nitrogens with one attached hydrogen (secondary N) is 1. The van der Waals surface area contributed by atoms with Crippen LogP contribution in [0, 0.1) is 6.92 Å². The summed E-state index contributed by atoms with van der Waals surface area (Å²) in [6.07, 6.45) is -1.09. The summed E-state index contributed by atoms with van der Waals surface area (Å²) in [4.78, 5) is 24.1. The molecule has 162 valence electrons. The van der Waals surface area contributed by atoms with Crippen LogP contribution in [0.1, 0.15) is 40.9 Å². The van der Waals surface area contributed by atoms with Crippen LogP contribution in [0.15, 0.2) is 30.3 Å². The van der Waals surface area contributed by atoms with E-state index in [0.29, 0.717) is 21.9 Å². The molecule has 1 unspecified atom stereocenters. The Hall–Kier alpha value is -2.28. The number of rotatable bonds is 9. The molecule has 0 aliphatic heterocycles. The minimum absolute atomic E-state index is 0.140. The number of ether oxygens (including phenoxy) is 2. The average Bonchev–Trinajstić information content (AvgIpc) is 2.66. The number of hydrogen-bond acceptors (Lipinski definition) is 4. The van der Waals surface area contributed by atoms with E-state index >= 15 is 0 Å². The smallest absolute Gasteiger partial charge is 0.333 e. The van der Waals surface area contributed by atoms with Gasteiger partial charge >= 0.3 is 5.97 Å². The maximum Gasteiger partial charge on any atom is 0.333 e. The molecule has 8 heteroatoms. The minimum atomic E-state index is -1.04. The molecule has 0 fully saturated rings. The number of aryl methyl sites for hydroxylation is 1. The van der Waals surface area contributed by atoms with Crippen molar-refractivity contribution in [2.75, 3.05) is 7.11 Å². The van der Waals surface area contributed by atoms with Gasteiger partial charge in [0, 0.05) is 18.0 Å². The molecule has 0 radical (unpaired) electrons. The van der Waals surface area contributed by atoms with E-state index in [4.69, 9.17) is 32.7 Å². The predicted molar refractivity (Wildman–Crippen MR) is 117 cm³/mol. The molecule has 2 aromatic carbocycles. The first-order valence-electron chi connectivity index (χ1n) is 9.40. The highest BCUT2D eigenvalue weighted by Gasteiger charge is 2.23. The maximum atomic E-state index is 12.5. The Morgan fingerprint density at radius 3 is 2.40 bits per heavy atom. The molecule has 0 spiro atoms. The molecule has 2 N–H and O–H groups in total. The second kappa shape index (κ2) is 10.7. The largest absolute Gasteiger partial charge is 0.496 e. The van der Waals surface area contributed by atoms with Gasteiger partial charge in [0.15, 0.2) is 6.10 Å². The SMILES string of the molecule is COc1cc(C)c(CNC(=O)c2ccc(Cl)cc2Cl)cc1CC(OC(C)C)C(=O)O. The average molecular weight is 454 g/mol. The molecular weight excluding hydrogens is 429 g/mol. The van der Waals surface area contributed by atoms with Crippen LogP contribution >= 0.6 is 23.2 Å². The molecule has 0 saturated heterocycles. The van der Waals surface area contributed by atoms with E-state index in [1.165, 1.54) is 13.2 Å². The second-order valence-electron chi connectivity index (χ2n) is 7.11. The summed E-state index contributed by atoms with van der Waals surface area (Å²) in [6.45, 7) is 5.70. The Bertz CT molecular complexity index is 930. The van der Waals surface area contributed by atoms with Crippen molar-refractivity contribution in [1.29, 1.82) is 0 Å². The molecule has 0 aromatic heterocycles. The maximum absolute atomic E-state index is 12.5. The monoisotopic (exact) mass is 453 g/mol. The molecule has 30 heavy (non-hydrogen) atoms. The van der Waals surface area contributed by atoms with Crippen LogP contribution < -0.4 is 10.1 Å². The Morgan fingerprint density at radius 1 is 1.13 bits per heavy atom. The number of benzene rings is 2. The van der Waals surface area contributed by atoms with E-state index in [1.807, 2.05) is 19.1 Å². The molecule has 0 heterocycles. The van der Waals surface area contributed by atoms with E-state index in [9.17, 15) is 14.7 Å². The summed E-state index contributed by atoms with van der Waals surface area (Å²) in [7, 11) is 1.53. The minimum Gasteiger partial charge on any atom is -0.496 e. The van der Waals surface area contributed by atoms with Crippen molar-refractivity contribution >= 4 is 35.1 Å².